The largest absolute Gasteiger partial charge is 0.356 e. The highest BCUT2D eigenvalue weighted by atomic mass is 127. The van der Waals surface area contributed by atoms with E-state index in [4.69, 9.17) is 0 Å². The number of nitrogens with zero attached hydrogens (tertiary/aromatic N) is 2. The molecule has 3 N–H and O–H groups in total. The van der Waals surface area contributed by atoms with Gasteiger partial charge in [-0.3, -0.25) is 9.79 Å². The molecule has 8 nitrogen and oxygen atoms in total. The summed E-state index contributed by atoms with van der Waals surface area (Å²) in [4.78, 5) is 20.1. The van der Waals surface area contributed by atoms with Crippen molar-refractivity contribution in [3.63, 3.8) is 0 Å². The number of carbonyl (C=O) groups is 1. The zero-order valence-electron chi connectivity index (χ0n) is 14.3. The maximum absolute atomic E-state index is 11.9. The van der Waals surface area contributed by atoms with Crippen molar-refractivity contribution in [1.29, 1.82) is 0 Å². The number of rotatable bonds is 5. The Bertz CT molecular complexity index is 724. The smallest absolute Gasteiger partial charge is 0.227 e. The average molecular weight is 481 g/mol. The van der Waals surface area contributed by atoms with Crippen molar-refractivity contribution in [1.82, 2.24) is 15.6 Å². The van der Waals surface area contributed by atoms with Crippen molar-refractivity contribution in [2.75, 3.05) is 30.4 Å². The summed E-state index contributed by atoms with van der Waals surface area (Å²) in [6.45, 7) is 2.24. The monoisotopic (exact) mass is 481 g/mol. The molecule has 1 aromatic heterocycles. The molecule has 1 aliphatic rings. The van der Waals surface area contributed by atoms with E-state index in [9.17, 15) is 13.2 Å². The summed E-state index contributed by atoms with van der Waals surface area (Å²) in [5.74, 6) is 1.19. The molecule has 0 aromatic carbocycles. The molecule has 0 saturated carbocycles. The number of aromatic nitrogens is 1. The molecule has 0 aliphatic carbocycles. The van der Waals surface area contributed by atoms with Gasteiger partial charge in [-0.05, 0) is 25.5 Å². The van der Waals surface area contributed by atoms with Crippen LogP contribution in [-0.4, -0.2) is 56.4 Å². The van der Waals surface area contributed by atoms with E-state index in [-0.39, 0.29) is 53.9 Å². The van der Waals surface area contributed by atoms with Crippen LogP contribution in [-0.2, 0) is 14.6 Å². The molecule has 1 aliphatic heterocycles. The van der Waals surface area contributed by atoms with Crippen LogP contribution in [0.15, 0.2) is 23.2 Å². The molecule has 1 fully saturated rings. The highest BCUT2D eigenvalue weighted by Gasteiger charge is 2.28. The second kappa shape index (κ2) is 9.90. The van der Waals surface area contributed by atoms with Gasteiger partial charge in [-0.25, -0.2) is 13.4 Å². The van der Waals surface area contributed by atoms with Crippen molar-refractivity contribution in [3.8, 4) is 0 Å². The van der Waals surface area contributed by atoms with Crippen LogP contribution in [0, 0.1) is 6.92 Å². The number of anilines is 1. The van der Waals surface area contributed by atoms with E-state index in [0.717, 1.165) is 5.69 Å². The van der Waals surface area contributed by atoms with Crippen LogP contribution in [0.1, 0.15) is 18.5 Å². The normalized spacial score (nSPS) is 19.0. The number of hydrogen-bond acceptors (Lipinski definition) is 5. The van der Waals surface area contributed by atoms with Gasteiger partial charge >= 0.3 is 0 Å². The van der Waals surface area contributed by atoms with E-state index in [1.54, 1.807) is 13.1 Å². The molecule has 0 bridgehead atoms. The molecule has 2 heterocycles. The Morgan fingerprint density at radius 1 is 1.40 bits per heavy atom. The molecular weight excluding hydrogens is 457 g/mol. The Hall–Kier alpha value is -1.43. The number of guanidine groups is 1. The molecule has 0 radical (unpaired) electrons. The molecular formula is C15H24IN5O3S. The first-order valence-electron chi connectivity index (χ1n) is 7.79. The van der Waals surface area contributed by atoms with Gasteiger partial charge in [-0.15, -0.1) is 24.0 Å². The highest BCUT2D eigenvalue weighted by Crippen LogP contribution is 2.10. The van der Waals surface area contributed by atoms with Gasteiger partial charge < -0.3 is 16.0 Å². The van der Waals surface area contributed by atoms with Gasteiger partial charge in [0.25, 0.3) is 0 Å². The second-order valence-corrected chi connectivity index (χ2v) is 7.93. The number of pyridine rings is 1. The lowest BCUT2D eigenvalue weighted by atomic mass is 10.3. The molecule has 140 valence electrons. The molecule has 1 saturated heterocycles. The molecule has 1 atom stereocenters. The first-order valence-corrected chi connectivity index (χ1v) is 9.61. The maximum Gasteiger partial charge on any atom is 0.227 e. The lowest BCUT2D eigenvalue weighted by molar-refractivity contribution is -0.116. The lowest BCUT2D eigenvalue weighted by Gasteiger charge is -2.15. The number of nitrogens with one attached hydrogen (secondary N) is 3. The van der Waals surface area contributed by atoms with E-state index < -0.39 is 9.84 Å². The summed E-state index contributed by atoms with van der Waals surface area (Å²) < 4.78 is 22.9. The van der Waals surface area contributed by atoms with Crippen LogP contribution in [0.5, 0.6) is 0 Å². The van der Waals surface area contributed by atoms with E-state index >= 15 is 0 Å². The number of hydrogen-bond donors (Lipinski definition) is 3. The van der Waals surface area contributed by atoms with Crippen molar-refractivity contribution in [2.45, 2.75) is 25.8 Å². The van der Waals surface area contributed by atoms with Gasteiger partial charge in [-0.1, -0.05) is 6.07 Å². The quantitative estimate of drug-likeness (QED) is 0.324. The van der Waals surface area contributed by atoms with Gasteiger partial charge in [0.2, 0.25) is 5.91 Å². The van der Waals surface area contributed by atoms with Crippen LogP contribution < -0.4 is 16.0 Å². The van der Waals surface area contributed by atoms with Crippen LogP contribution in [0.3, 0.4) is 0 Å². The van der Waals surface area contributed by atoms with E-state index in [0.29, 0.717) is 24.7 Å². The molecule has 1 unspecified atom stereocenters. The number of aryl methyl sites for hydroxylation is 1. The summed E-state index contributed by atoms with van der Waals surface area (Å²) in [5.41, 5.74) is 0.835. The predicted octanol–water partition coefficient (Wildman–Crippen LogP) is 0.689. The van der Waals surface area contributed by atoms with Gasteiger partial charge in [0.1, 0.15) is 5.82 Å². The van der Waals surface area contributed by atoms with E-state index in [1.807, 2.05) is 19.1 Å². The van der Waals surface area contributed by atoms with E-state index in [1.165, 1.54) is 0 Å². The summed E-state index contributed by atoms with van der Waals surface area (Å²) in [7, 11) is -1.33. The van der Waals surface area contributed by atoms with Gasteiger partial charge in [0, 0.05) is 31.7 Å². The zero-order chi connectivity index (χ0) is 17.6. The Morgan fingerprint density at radius 2 is 2.16 bits per heavy atom. The fraction of sp³-hybridized carbons (Fsp3) is 0.533. The molecule has 1 amide bonds. The number of aliphatic imine (C=N–C) groups is 1. The molecule has 1 aromatic rings. The summed E-state index contributed by atoms with van der Waals surface area (Å²) in [6, 6.07) is 5.29. The molecule has 10 heteroatoms. The molecule has 0 spiro atoms. The summed E-state index contributed by atoms with van der Waals surface area (Å²) in [6.07, 6.45) is 0.821. The highest BCUT2D eigenvalue weighted by molar-refractivity contribution is 14.0. The van der Waals surface area contributed by atoms with Crippen LogP contribution >= 0.6 is 24.0 Å². The second-order valence-electron chi connectivity index (χ2n) is 5.71. The fourth-order valence-corrected chi connectivity index (χ4v) is 4.08. The number of sulfone groups is 1. The van der Waals surface area contributed by atoms with Crippen molar-refractivity contribution < 1.29 is 13.2 Å². The number of halogens is 1. The van der Waals surface area contributed by atoms with Gasteiger partial charge in [0.05, 0.1) is 11.5 Å². The molecule has 25 heavy (non-hydrogen) atoms. The SMILES string of the molecule is CN=C(NCCC(=O)Nc1cccc(C)n1)NC1CCS(=O)(=O)C1.I. The minimum atomic E-state index is -2.94. The van der Waals surface area contributed by atoms with Crippen LogP contribution in [0.4, 0.5) is 5.82 Å². The van der Waals surface area contributed by atoms with Crippen molar-refractivity contribution in [2.24, 2.45) is 4.99 Å². The predicted molar refractivity (Wildman–Crippen MR) is 109 cm³/mol. The minimum absolute atomic E-state index is 0. The third kappa shape index (κ3) is 7.55. The fourth-order valence-electron chi connectivity index (χ4n) is 2.41. The van der Waals surface area contributed by atoms with Crippen LogP contribution in [0.25, 0.3) is 0 Å². The number of carbonyl (C=O) groups excluding carboxylic acids is 1. The Morgan fingerprint density at radius 3 is 2.76 bits per heavy atom. The lowest BCUT2D eigenvalue weighted by Crippen LogP contribution is -2.44. The maximum atomic E-state index is 11.9. The number of amides is 1. The summed E-state index contributed by atoms with van der Waals surface area (Å²) >= 11 is 0. The Labute approximate surface area is 165 Å². The molecule has 2 rings (SSSR count). The minimum Gasteiger partial charge on any atom is -0.356 e. The first kappa shape index (κ1) is 21.6. The van der Waals surface area contributed by atoms with Gasteiger partial charge in [0.15, 0.2) is 15.8 Å². The zero-order valence-corrected chi connectivity index (χ0v) is 17.4. The van der Waals surface area contributed by atoms with E-state index in [2.05, 4.69) is 25.9 Å². The van der Waals surface area contributed by atoms with Crippen molar-refractivity contribution in [3.05, 3.63) is 23.9 Å². The van der Waals surface area contributed by atoms with Crippen molar-refractivity contribution >= 4 is 51.5 Å². The standard InChI is InChI=1S/C15H23N5O3S.HI/c1-11-4-3-5-13(18-11)20-14(21)6-8-17-15(16-2)19-12-7-9-24(22,23)10-12;/h3-5,12H,6-10H2,1-2H3,(H2,16,17,19)(H,18,20,21);1H. The first-order chi connectivity index (χ1) is 11.4. The third-order valence-electron chi connectivity index (χ3n) is 3.60. The van der Waals surface area contributed by atoms with Gasteiger partial charge in [-0.2, -0.15) is 0 Å². The topological polar surface area (TPSA) is 113 Å². The Kier molecular flexibility index (Phi) is 8.56. The van der Waals surface area contributed by atoms with Crippen LogP contribution in [0.2, 0.25) is 0 Å². The summed E-state index contributed by atoms with van der Waals surface area (Å²) in [5, 5.41) is 8.81. The third-order valence-corrected chi connectivity index (χ3v) is 5.37. The average Bonchev–Trinajstić information content (AvgIpc) is 2.85. The Balaban J connectivity index is 0.00000312.